The molecule has 1 heterocycles. The van der Waals surface area contributed by atoms with E-state index in [4.69, 9.17) is 32.5 Å². The predicted molar refractivity (Wildman–Crippen MR) is 142 cm³/mol. The van der Waals surface area contributed by atoms with Gasteiger partial charge < -0.3 is 23.5 Å². The van der Waals surface area contributed by atoms with Gasteiger partial charge >= 0.3 is 19.8 Å². The summed E-state index contributed by atoms with van der Waals surface area (Å²) in [5, 5.41) is 0. The molecule has 1 aromatic carbocycles. The number of rotatable bonds is 13. The largest absolute Gasteiger partial charge is 0.535 e. The Hall–Kier alpha value is -2.59. The Morgan fingerprint density at radius 1 is 0.974 bits per heavy atom. The second-order valence-electron chi connectivity index (χ2n) is 10.3. The SMILES string of the molecule is COc1ccc(C23CCC(OP(=O)(OCOC(=O)C(C)C)OCOC(=O)C(C)C)=CC2N(C)CC3)cc1OC. The van der Waals surface area contributed by atoms with Gasteiger partial charge in [0.05, 0.1) is 26.1 Å². The molecule has 2 aliphatic rings. The molecule has 1 fully saturated rings. The van der Waals surface area contributed by atoms with Crippen molar-refractivity contribution in [3.63, 3.8) is 0 Å². The minimum absolute atomic E-state index is 0.0645. The number of hydrogen-bond donors (Lipinski definition) is 0. The highest BCUT2D eigenvalue weighted by atomic mass is 31.2. The fraction of sp³-hybridized carbons (Fsp3) is 0.630. The molecule has 218 valence electrons. The first-order chi connectivity index (χ1) is 18.4. The smallest absolute Gasteiger partial charge is 0.493 e. The zero-order valence-electron chi connectivity index (χ0n) is 23.8. The highest BCUT2D eigenvalue weighted by molar-refractivity contribution is 7.48. The zero-order valence-corrected chi connectivity index (χ0v) is 24.7. The number of likely N-dealkylation sites (tertiary alicyclic amines) is 1. The number of esters is 2. The molecule has 0 radical (unpaired) electrons. The zero-order chi connectivity index (χ0) is 28.8. The van der Waals surface area contributed by atoms with Gasteiger partial charge in [0.25, 0.3) is 0 Å². The van der Waals surface area contributed by atoms with Crippen LogP contribution in [0.5, 0.6) is 11.5 Å². The number of nitrogens with zero attached hydrogens (tertiary/aromatic N) is 1. The van der Waals surface area contributed by atoms with E-state index < -0.39 is 45.2 Å². The Kier molecular flexibility index (Phi) is 10.5. The third-order valence-electron chi connectivity index (χ3n) is 7.07. The second kappa shape index (κ2) is 13.2. The molecule has 0 aromatic heterocycles. The molecule has 11 nitrogen and oxygen atoms in total. The van der Waals surface area contributed by atoms with Gasteiger partial charge in [-0.05, 0) is 50.2 Å². The van der Waals surface area contributed by atoms with Gasteiger partial charge in [0.2, 0.25) is 13.6 Å². The summed E-state index contributed by atoms with van der Waals surface area (Å²) in [6, 6.07) is 5.90. The third-order valence-corrected chi connectivity index (χ3v) is 8.37. The van der Waals surface area contributed by atoms with Gasteiger partial charge in [0.15, 0.2) is 11.5 Å². The minimum atomic E-state index is -4.31. The second-order valence-corrected chi connectivity index (χ2v) is 11.9. The average molecular weight is 570 g/mol. The Bertz CT molecular complexity index is 1070. The number of hydrogen-bond acceptors (Lipinski definition) is 11. The fourth-order valence-corrected chi connectivity index (χ4v) is 5.78. The third kappa shape index (κ3) is 7.33. The summed E-state index contributed by atoms with van der Waals surface area (Å²) in [6.07, 6.45) is 3.99. The molecule has 0 saturated carbocycles. The summed E-state index contributed by atoms with van der Waals surface area (Å²) in [6.45, 7) is 6.22. The Labute approximate surface area is 230 Å². The summed E-state index contributed by atoms with van der Waals surface area (Å²) in [5.74, 6) is -0.132. The van der Waals surface area contributed by atoms with Crippen LogP contribution in [-0.2, 0) is 42.6 Å². The molecule has 1 saturated heterocycles. The molecular weight excluding hydrogens is 529 g/mol. The highest BCUT2D eigenvalue weighted by Gasteiger charge is 2.49. The van der Waals surface area contributed by atoms with E-state index in [0.717, 1.165) is 18.5 Å². The number of ether oxygens (including phenoxy) is 4. The molecule has 1 aliphatic carbocycles. The molecule has 3 rings (SSSR count). The number of benzene rings is 1. The van der Waals surface area contributed by atoms with Gasteiger partial charge in [-0.1, -0.05) is 33.8 Å². The van der Waals surface area contributed by atoms with Crippen molar-refractivity contribution in [3.05, 3.63) is 35.6 Å². The molecule has 2 atom stereocenters. The molecule has 12 heteroatoms. The molecule has 0 N–H and O–H groups in total. The lowest BCUT2D eigenvalue weighted by molar-refractivity contribution is -0.157. The number of likely N-dealkylation sites (N-methyl/N-ethyl adjacent to an activating group) is 1. The molecular formula is C27H40NO10P. The standard InChI is InChI=1S/C27H40NO10P/c1-18(2)25(29)34-16-36-39(31,37-17-35-26(30)19(3)4)38-21-10-11-27(12-13-28(5)24(27)15-21)20-8-9-22(32-6)23(14-20)33-7/h8-9,14-15,18-19,24H,10-13,16-17H2,1-7H3. The van der Waals surface area contributed by atoms with Crippen molar-refractivity contribution in [3.8, 4) is 11.5 Å². The van der Waals surface area contributed by atoms with Crippen molar-refractivity contribution in [2.45, 2.75) is 58.4 Å². The van der Waals surface area contributed by atoms with Gasteiger partial charge in [-0.3, -0.25) is 14.5 Å². The number of phosphoric ester groups is 1. The maximum Gasteiger partial charge on any atom is 0.535 e. The maximum atomic E-state index is 13.5. The van der Waals surface area contributed by atoms with E-state index >= 15 is 0 Å². The number of carbonyl (C=O) groups excluding carboxylic acids is 2. The molecule has 39 heavy (non-hydrogen) atoms. The lowest BCUT2D eigenvalue weighted by atomic mass is 9.68. The Morgan fingerprint density at radius 2 is 1.56 bits per heavy atom. The number of allylic oxidation sites excluding steroid dienone is 1. The monoisotopic (exact) mass is 569 g/mol. The number of fused-ring (bicyclic) bond motifs is 1. The van der Waals surface area contributed by atoms with Crippen LogP contribution in [0, 0.1) is 11.8 Å². The number of phosphoric acid groups is 1. The van der Waals surface area contributed by atoms with Crippen molar-refractivity contribution < 1.29 is 46.7 Å². The van der Waals surface area contributed by atoms with Crippen molar-refractivity contribution in [2.24, 2.45) is 11.8 Å². The van der Waals surface area contributed by atoms with E-state index in [9.17, 15) is 14.2 Å². The summed E-state index contributed by atoms with van der Waals surface area (Å²) in [5.41, 5.74) is 0.897. The first-order valence-electron chi connectivity index (χ1n) is 13.0. The van der Waals surface area contributed by atoms with Crippen molar-refractivity contribution in [1.29, 1.82) is 0 Å². The number of methoxy groups -OCH3 is 2. The van der Waals surface area contributed by atoms with Crippen molar-refractivity contribution in [2.75, 3.05) is 41.4 Å². The van der Waals surface area contributed by atoms with Crippen molar-refractivity contribution >= 4 is 19.8 Å². The van der Waals surface area contributed by atoms with Crippen molar-refractivity contribution in [1.82, 2.24) is 4.90 Å². The Morgan fingerprint density at radius 3 is 2.10 bits per heavy atom. The summed E-state index contributed by atoms with van der Waals surface area (Å²) in [7, 11) is 0.924. The summed E-state index contributed by atoms with van der Waals surface area (Å²) in [4.78, 5) is 25.9. The lowest BCUT2D eigenvalue weighted by Gasteiger charge is -2.40. The van der Waals surface area contributed by atoms with Crippen LogP contribution < -0.4 is 9.47 Å². The van der Waals surface area contributed by atoms with Crippen LogP contribution in [0.1, 0.15) is 52.5 Å². The molecule has 1 aromatic rings. The first kappa shape index (κ1) is 30.9. The van der Waals surface area contributed by atoms with E-state index in [1.807, 2.05) is 25.3 Å². The molecule has 0 spiro atoms. The van der Waals surface area contributed by atoms with Crippen LogP contribution in [0.25, 0.3) is 0 Å². The van der Waals surface area contributed by atoms with Crippen LogP contribution in [0.2, 0.25) is 0 Å². The van der Waals surface area contributed by atoms with Crippen LogP contribution in [0.15, 0.2) is 30.0 Å². The number of carbonyl (C=O) groups is 2. The van der Waals surface area contributed by atoms with Crippen LogP contribution in [0.4, 0.5) is 0 Å². The quantitative estimate of drug-likeness (QED) is 0.185. The molecule has 1 aliphatic heterocycles. The summed E-state index contributed by atoms with van der Waals surface area (Å²) >= 11 is 0. The predicted octanol–water partition coefficient (Wildman–Crippen LogP) is 4.79. The topological polar surface area (TPSA) is 119 Å². The molecule has 0 amide bonds. The van der Waals surface area contributed by atoms with Gasteiger partial charge in [-0.2, -0.15) is 0 Å². The minimum Gasteiger partial charge on any atom is -0.493 e. The summed E-state index contributed by atoms with van der Waals surface area (Å²) < 4.78 is 50.9. The fourth-order valence-electron chi connectivity index (χ4n) is 4.80. The van der Waals surface area contributed by atoms with E-state index in [0.29, 0.717) is 30.1 Å². The van der Waals surface area contributed by atoms with Gasteiger partial charge in [-0.25, -0.2) is 13.6 Å². The van der Waals surface area contributed by atoms with Crippen LogP contribution in [-0.4, -0.2) is 64.3 Å². The normalized spacial score (nSPS) is 21.4. The highest BCUT2D eigenvalue weighted by Crippen LogP contribution is 2.55. The van der Waals surface area contributed by atoms with E-state index in [-0.39, 0.29) is 11.5 Å². The first-order valence-corrected chi connectivity index (χ1v) is 14.5. The van der Waals surface area contributed by atoms with Gasteiger partial charge in [-0.15, -0.1) is 0 Å². The van der Waals surface area contributed by atoms with E-state index in [1.54, 1.807) is 41.9 Å². The van der Waals surface area contributed by atoms with Gasteiger partial charge in [0.1, 0.15) is 5.76 Å². The average Bonchev–Trinajstić information content (AvgIpc) is 3.24. The lowest BCUT2D eigenvalue weighted by Crippen LogP contribution is -2.42. The van der Waals surface area contributed by atoms with E-state index in [2.05, 4.69) is 11.0 Å². The van der Waals surface area contributed by atoms with Crippen LogP contribution >= 0.6 is 7.82 Å². The Balaban J connectivity index is 1.82. The molecule has 0 bridgehead atoms. The molecule has 2 unspecified atom stereocenters. The van der Waals surface area contributed by atoms with Crippen LogP contribution in [0.3, 0.4) is 0 Å². The maximum absolute atomic E-state index is 13.5. The van der Waals surface area contributed by atoms with Gasteiger partial charge in [0, 0.05) is 17.9 Å². The van der Waals surface area contributed by atoms with E-state index in [1.165, 1.54) is 0 Å².